The summed E-state index contributed by atoms with van der Waals surface area (Å²) in [6.07, 6.45) is 2.32. The second-order valence-corrected chi connectivity index (χ2v) is 5.65. The minimum Gasteiger partial charge on any atom is -0.445 e. The van der Waals surface area contributed by atoms with Crippen LogP contribution >= 0.6 is 0 Å². The highest BCUT2D eigenvalue weighted by atomic mass is 16.6. The molecule has 8 heteroatoms. The first-order valence-electron chi connectivity index (χ1n) is 7.84. The van der Waals surface area contributed by atoms with Crippen LogP contribution in [0.1, 0.15) is 18.4 Å². The van der Waals surface area contributed by atoms with E-state index in [9.17, 15) is 9.59 Å². The highest BCUT2D eigenvalue weighted by molar-refractivity contribution is 5.91. The van der Waals surface area contributed by atoms with Crippen LogP contribution in [0.25, 0.3) is 0 Å². The van der Waals surface area contributed by atoms with Gasteiger partial charge in [-0.2, -0.15) is 10.3 Å². The molecule has 0 bridgehead atoms. The summed E-state index contributed by atoms with van der Waals surface area (Å²) in [4.78, 5) is 25.9. The van der Waals surface area contributed by atoms with E-state index >= 15 is 0 Å². The number of benzene rings is 1. The van der Waals surface area contributed by atoms with Gasteiger partial charge >= 0.3 is 6.09 Å². The summed E-state index contributed by atoms with van der Waals surface area (Å²) in [5.41, 5.74) is 0.952. The molecule has 1 aliphatic heterocycles. The zero-order valence-corrected chi connectivity index (χ0v) is 13.1. The minimum atomic E-state index is -0.339. The van der Waals surface area contributed by atoms with Crippen LogP contribution in [0.3, 0.4) is 0 Å². The topological polar surface area (TPSA) is 100 Å². The summed E-state index contributed by atoms with van der Waals surface area (Å²) in [6, 6.07) is 9.55. The lowest BCUT2D eigenvalue weighted by molar-refractivity contribution is -0.121. The van der Waals surface area contributed by atoms with E-state index in [1.54, 1.807) is 4.90 Å². The number of aromatic nitrogens is 3. The van der Waals surface area contributed by atoms with Crippen LogP contribution < -0.4 is 5.32 Å². The number of nitrogens with zero attached hydrogens (tertiary/aromatic N) is 3. The fourth-order valence-electron chi connectivity index (χ4n) is 2.62. The van der Waals surface area contributed by atoms with Crippen molar-refractivity contribution in [2.24, 2.45) is 5.92 Å². The van der Waals surface area contributed by atoms with Crippen LogP contribution in [-0.2, 0) is 16.1 Å². The van der Waals surface area contributed by atoms with Crippen molar-refractivity contribution >= 4 is 17.8 Å². The van der Waals surface area contributed by atoms with Gasteiger partial charge in [0.1, 0.15) is 6.61 Å². The highest BCUT2D eigenvalue weighted by Crippen LogP contribution is 2.19. The van der Waals surface area contributed by atoms with E-state index < -0.39 is 0 Å². The molecule has 2 N–H and O–H groups in total. The number of aromatic amines is 1. The summed E-state index contributed by atoms with van der Waals surface area (Å²) < 4.78 is 5.31. The molecule has 2 amide bonds. The minimum absolute atomic E-state index is 0.0961. The zero-order chi connectivity index (χ0) is 16.8. The van der Waals surface area contributed by atoms with Gasteiger partial charge in [-0.25, -0.2) is 4.79 Å². The van der Waals surface area contributed by atoms with Crippen LogP contribution in [0.15, 0.2) is 36.5 Å². The van der Waals surface area contributed by atoms with Crippen molar-refractivity contribution in [1.29, 1.82) is 0 Å². The number of anilines is 1. The predicted molar refractivity (Wildman–Crippen MR) is 85.9 cm³/mol. The average molecular weight is 329 g/mol. The maximum atomic E-state index is 12.1. The monoisotopic (exact) mass is 329 g/mol. The van der Waals surface area contributed by atoms with Crippen molar-refractivity contribution in [3.8, 4) is 0 Å². The van der Waals surface area contributed by atoms with Crippen LogP contribution in [0.4, 0.5) is 10.6 Å². The first kappa shape index (κ1) is 16.0. The van der Waals surface area contributed by atoms with Gasteiger partial charge in [0.2, 0.25) is 5.91 Å². The maximum absolute atomic E-state index is 12.1. The standard InChI is InChI=1S/C16H19N5O3/c22-15(18-14-10-17-20-19-14)13-6-8-21(9-7-13)16(23)24-11-12-4-2-1-3-5-12/h1-5,10,13H,6-9,11H2,(H2,17,18,19,20,22). The first-order valence-corrected chi connectivity index (χ1v) is 7.84. The van der Waals surface area contributed by atoms with E-state index in [0.29, 0.717) is 31.7 Å². The number of amides is 2. The van der Waals surface area contributed by atoms with Crippen LogP contribution in [-0.4, -0.2) is 45.4 Å². The molecule has 24 heavy (non-hydrogen) atoms. The Balaban J connectivity index is 1.42. The van der Waals surface area contributed by atoms with E-state index in [1.165, 1.54) is 6.20 Å². The Hall–Kier alpha value is -2.90. The van der Waals surface area contributed by atoms with Gasteiger partial charge in [0, 0.05) is 19.0 Å². The Morgan fingerprint density at radius 2 is 2.00 bits per heavy atom. The lowest BCUT2D eigenvalue weighted by Crippen LogP contribution is -2.41. The maximum Gasteiger partial charge on any atom is 0.410 e. The largest absolute Gasteiger partial charge is 0.445 e. The van der Waals surface area contributed by atoms with Crippen LogP contribution in [0.2, 0.25) is 0 Å². The molecule has 1 saturated heterocycles. The summed E-state index contributed by atoms with van der Waals surface area (Å²) in [5.74, 6) is 0.172. The molecule has 0 saturated carbocycles. The summed E-state index contributed by atoms with van der Waals surface area (Å²) in [7, 11) is 0. The number of carbonyl (C=O) groups excluding carboxylic acids is 2. The lowest BCUT2D eigenvalue weighted by atomic mass is 9.96. The summed E-state index contributed by atoms with van der Waals surface area (Å²) in [5, 5.41) is 12.6. The Morgan fingerprint density at radius 1 is 1.25 bits per heavy atom. The fraction of sp³-hybridized carbons (Fsp3) is 0.375. The van der Waals surface area contributed by atoms with Crippen LogP contribution in [0, 0.1) is 5.92 Å². The predicted octanol–water partition coefficient (Wildman–Crippen LogP) is 1.79. The van der Waals surface area contributed by atoms with E-state index in [4.69, 9.17) is 4.74 Å². The van der Waals surface area contributed by atoms with Gasteiger partial charge in [-0.3, -0.25) is 4.79 Å². The van der Waals surface area contributed by atoms with Gasteiger partial charge in [0.05, 0.1) is 6.20 Å². The van der Waals surface area contributed by atoms with E-state index in [-0.39, 0.29) is 24.5 Å². The number of hydrogen-bond donors (Lipinski definition) is 2. The molecule has 1 fully saturated rings. The van der Waals surface area contributed by atoms with Crippen molar-refractivity contribution < 1.29 is 14.3 Å². The smallest absolute Gasteiger partial charge is 0.410 e. The molecule has 126 valence electrons. The number of likely N-dealkylation sites (tertiary alicyclic amines) is 1. The number of hydrogen-bond acceptors (Lipinski definition) is 5. The molecule has 0 radical (unpaired) electrons. The molecular weight excluding hydrogens is 310 g/mol. The number of H-pyrrole nitrogens is 1. The molecular formula is C16H19N5O3. The average Bonchev–Trinajstić information content (AvgIpc) is 3.13. The zero-order valence-electron chi connectivity index (χ0n) is 13.1. The fourth-order valence-corrected chi connectivity index (χ4v) is 2.62. The van der Waals surface area contributed by atoms with Crippen LogP contribution in [0.5, 0.6) is 0 Å². The molecule has 0 spiro atoms. The molecule has 0 atom stereocenters. The van der Waals surface area contributed by atoms with Crippen molar-refractivity contribution in [3.63, 3.8) is 0 Å². The Labute approximate surface area is 139 Å². The van der Waals surface area contributed by atoms with Crippen molar-refractivity contribution in [2.75, 3.05) is 18.4 Å². The number of carbonyl (C=O) groups is 2. The second kappa shape index (κ2) is 7.58. The normalized spacial score (nSPS) is 15.1. The Kier molecular flexibility index (Phi) is 5.05. The number of rotatable bonds is 4. The number of ether oxygens (including phenoxy) is 1. The number of piperidine rings is 1. The van der Waals surface area contributed by atoms with Gasteiger partial charge in [0.25, 0.3) is 0 Å². The van der Waals surface area contributed by atoms with E-state index in [0.717, 1.165) is 5.56 Å². The van der Waals surface area contributed by atoms with Crippen molar-refractivity contribution in [2.45, 2.75) is 19.4 Å². The molecule has 2 heterocycles. The van der Waals surface area contributed by atoms with Crippen molar-refractivity contribution in [1.82, 2.24) is 20.3 Å². The first-order chi connectivity index (χ1) is 11.7. The second-order valence-electron chi connectivity index (χ2n) is 5.65. The Bertz CT molecular complexity index is 666. The molecule has 0 aliphatic carbocycles. The van der Waals surface area contributed by atoms with Gasteiger partial charge < -0.3 is 15.0 Å². The molecule has 2 aromatic rings. The lowest BCUT2D eigenvalue weighted by Gasteiger charge is -2.30. The molecule has 1 aliphatic rings. The van der Waals surface area contributed by atoms with Gasteiger partial charge in [0.15, 0.2) is 5.82 Å². The molecule has 3 rings (SSSR count). The third kappa shape index (κ3) is 4.09. The third-order valence-electron chi connectivity index (χ3n) is 4.00. The molecule has 1 aromatic carbocycles. The highest BCUT2D eigenvalue weighted by Gasteiger charge is 2.28. The SMILES string of the molecule is O=C(Nc1cn[nH]n1)C1CCN(C(=O)OCc2ccccc2)CC1. The van der Waals surface area contributed by atoms with Gasteiger partial charge in [-0.1, -0.05) is 30.3 Å². The summed E-state index contributed by atoms with van der Waals surface area (Å²) in [6.45, 7) is 1.27. The third-order valence-corrected chi connectivity index (χ3v) is 4.00. The molecule has 8 nitrogen and oxygen atoms in total. The van der Waals surface area contributed by atoms with E-state index in [2.05, 4.69) is 20.7 Å². The van der Waals surface area contributed by atoms with E-state index in [1.807, 2.05) is 30.3 Å². The van der Waals surface area contributed by atoms with Gasteiger partial charge in [-0.15, -0.1) is 5.10 Å². The summed E-state index contributed by atoms with van der Waals surface area (Å²) >= 11 is 0. The number of nitrogens with one attached hydrogen (secondary N) is 2. The molecule has 0 unspecified atom stereocenters. The Morgan fingerprint density at radius 3 is 2.67 bits per heavy atom. The quantitative estimate of drug-likeness (QED) is 0.891. The van der Waals surface area contributed by atoms with Crippen molar-refractivity contribution in [3.05, 3.63) is 42.1 Å². The van der Waals surface area contributed by atoms with Gasteiger partial charge in [-0.05, 0) is 18.4 Å². The molecule has 1 aromatic heterocycles.